The van der Waals surface area contributed by atoms with E-state index < -0.39 is 0 Å². The lowest BCUT2D eigenvalue weighted by Gasteiger charge is -2.22. The largest absolute Gasteiger partial charge is 0.310 e. The van der Waals surface area contributed by atoms with Crippen LogP contribution < -0.4 is 10.9 Å². The third kappa shape index (κ3) is 3.67. The van der Waals surface area contributed by atoms with Gasteiger partial charge in [-0.2, -0.15) is 0 Å². The van der Waals surface area contributed by atoms with Gasteiger partial charge in [-0.3, -0.25) is 4.79 Å². The average molecular weight is 251 g/mol. The van der Waals surface area contributed by atoms with Crippen molar-refractivity contribution in [1.29, 1.82) is 0 Å². The third-order valence-corrected chi connectivity index (χ3v) is 3.31. The molecule has 1 aromatic heterocycles. The first-order valence-electron chi connectivity index (χ1n) is 6.83. The standard InChI is InChI=1S/C14H25N3O/c1-6-8-12(7-2)16-10(4)13-9(3)15-11(5)17-14(13)18/h10,12,16H,6-8H2,1-5H3,(H,15,17,18). The second-order valence-corrected chi connectivity index (χ2v) is 4.93. The molecule has 0 aliphatic carbocycles. The van der Waals surface area contributed by atoms with Crippen molar-refractivity contribution in [2.24, 2.45) is 0 Å². The molecule has 1 rings (SSSR count). The number of rotatable bonds is 6. The summed E-state index contributed by atoms with van der Waals surface area (Å²) in [5.41, 5.74) is 1.56. The van der Waals surface area contributed by atoms with E-state index in [4.69, 9.17) is 0 Å². The van der Waals surface area contributed by atoms with Crippen LogP contribution in [-0.4, -0.2) is 16.0 Å². The summed E-state index contributed by atoms with van der Waals surface area (Å²) < 4.78 is 0. The summed E-state index contributed by atoms with van der Waals surface area (Å²) in [5, 5.41) is 3.52. The molecule has 0 bridgehead atoms. The number of aromatic amines is 1. The highest BCUT2D eigenvalue weighted by Gasteiger charge is 2.17. The van der Waals surface area contributed by atoms with Gasteiger partial charge in [-0.1, -0.05) is 20.3 Å². The zero-order valence-electron chi connectivity index (χ0n) is 12.1. The zero-order valence-corrected chi connectivity index (χ0v) is 12.1. The fraction of sp³-hybridized carbons (Fsp3) is 0.714. The molecule has 2 unspecified atom stereocenters. The minimum Gasteiger partial charge on any atom is -0.310 e. The Morgan fingerprint density at radius 1 is 1.33 bits per heavy atom. The maximum Gasteiger partial charge on any atom is 0.255 e. The van der Waals surface area contributed by atoms with Gasteiger partial charge >= 0.3 is 0 Å². The van der Waals surface area contributed by atoms with Gasteiger partial charge in [0.1, 0.15) is 5.82 Å². The van der Waals surface area contributed by atoms with Gasteiger partial charge in [0.05, 0.1) is 5.56 Å². The molecule has 0 saturated carbocycles. The summed E-state index contributed by atoms with van der Waals surface area (Å²) in [6.07, 6.45) is 3.37. The lowest BCUT2D eigenvalue weighted by molar-refractivity contribution is 0.413. The number of hydrogen-bond acceptors (Lipinski definition) is 3. The molecule has 0 amide bonds. The average Bonchev–Trinajstić information content (AvgIpc) is 2.26. The van der Waals surface area contributed by atoms with E-state index in [2.05, 4.69) is 29.1 Å². The molecule has 1 aromatic rings. The summed E-state index contributed by atoms with van der Waals surface area (Å²) in [4.78, 5) is 19.1. The smallest absolute Gasteiger partial charge is 0.255 e. The van der Waals surface area contributed by atoms with Gasteiger partial charge in [0.25, 0.3) is 5.56 Å². The summed E-state index contributed by atoms with van der Waals surface area (Å²) in [6.45, 7) is 10.1. The zero-order chi connectivity index (χ0) is 13.7. The first-order chi connectivity index (χ1) is 8.49. The second-order valence-electron chi connectivity index (χ2n) is 4.93. The number of hydrogen-bond donors (Lipinski definition) is 2. The van der Waals surface area contributed by atoms with Crippen LogP contribution in [0.5, 0.6) is 0 Å². The molecule has 4 heteroatoms. The first kappa shape index (κ1) is 14.9. The maximum absolute atomic E-state index is 12.0. The monoisotopic (exact) mass is 251 g/mol. The molecule has 0 aliphatic rings. The minimum atomic E-state index is -0.0219. The summed E-state index contributed by atoms with van der Waals surface area (Å²) in [5.74, 6) is 0.675. The number of nitrogens with one attached hydrogen (secondary N) is 2. The van der Waals surface area contributed by atoms with E-state index in [-0.39, 0.29) is 11.6 Å². The van der Waals surface area contributed by atoms with E-state index in [1.807, 2.05) is 20.8 Å². The van der Waals surface area contributed by atoms with Crippen LogP contribution >= 0.6 is 0 Å². The van der Waals surface area contributed by atoms with E-state index in [9.17, 15) is 4.79 Å². The SMILES string of the molecule is CCCC(CC)NC(C)c1c(C)nc(C)[nH]c1=O. The van der Waals surface area contributed by atoms with Gasteiger partial charge in [-0.15, -0.1) is 0 Å². The molecular weight excluding hydrogens is 226 g/mol. The first-order valence-corrected chi connectivity index (χ1v) is 6.83. The minimum absolute atomic E-state index is 0.0219. The Morgan fingerprint density at radius 2 is 2.00 bits per heavy atom. The van der Waals surface area contributed by atoms with E-state index in [0.29, 0.717) is 11.9 Å². The topological polar surface area (TPSA) is 57.8 Å². The van der Waals surface area contributed by atoms with Gasteiger partial charge in [-0.05, 0) is 33.6 Å². The van der Waals surface area contributed by atoms with Crippen molar-refractivity contribution in [3.8, 4) is 0 Å². The van der Waals surface area contributed by atoms with Crippen LogP contribution in [0.15, 0.2) is 4.79 Å². The van der Waals surface area contributed by atoms with Crippen LogP contribution in [0, 0.1) is 13.8 Å². The van der Waals surface area contributed by atoms with Crippen LogP contribution in [0.25, 0.3) is 0 Å². The van der Waals surface area contributed by atoms with Crippen LogP contribution in [-0.2, 0) is 0 Å². The lowest BCUT2D eigenvalue weighted by Crippen LogP contribution is -2.34. The highest BCUT2D eigenvalue weighted by atomic mass is 16.1. The Bertz CT molecular complexity index is 439. The molecule has 18 heavy (non-hydrogen) atoms. The van der Waals surface area contributed by atoms with Crippen LogP contribution in [0.2, 0.25) is 0 Å². The van der Waals surface area contributed by atoms with Crippen LogP contribution in [0.3, 0.4) is 0 Å². The number of nitrogens with zero attached hydrogens (tertiary/aromatic N) is 1. The van der Waals surface area contributed by atoms with E-state index in [0.717, 1.165) is 30.5 Å². The van der Waals surface area contributed by atoms with Crippen molar-refractivity contribution in [2.45, 2.75) is 66.0 Å². The Hall–Kier alpha value is -1.16. The Balaban J connectivity index is 2.90. The Morgan fingerprint density at radius 3 is 2.50 bits per heavy atom. The van der Waals surface area contributed by atoms with Crippen LogP contribution in [0.4, 0.5) is 0 Å². The summed E-state index contributed by atoms with van der Waals surface area (Å²) in [6, 6.07) is 0.503. The fourth-order valence-electron chi connectivity index (χ4n) is 2.44. The Labute approximate surface area is 109 Å². The highest BCUT2D eigenvalue weighted by Crippen LogP contribution is 2.14. The van der Waals surface area contributed by atoms with Crippen molar-refractivity contribution in [3.63, 3.8) is 0 Å². The molecule has 4 nitrogen and oxygen atoms in total. The van der Waals surface area contributed by atoms with E-state index in [1.54, 1.807) is 0 Å². The van der Waals surface area contributed by atoms with Crippen molar-refractivity contribution >= 4 is 0 Å². The second kappa shape index (κ2) is 6.69. The van der Waals surface area contributed by atoms with Crippen molar-refractivity contribution in [1.82, 2.24) is 15.3 Å². The van der Waals surface area contributed by atoms with E-state index in [1.165, 1.54) is 0 Å². The molecule has 1 heterocycles. The summed E-state index contributed by atoms with van der Waals surface area (Å²) >= 11 is 0. The molecule has 0 saturated heterocycles. The molecule has 2 atom stereocenters. The predicted octanol–water partition coefficient (Wildman–Crippen LogP) is 2.62. The molecule has 2 N–H and O–H groups in total. The molecule has 102 valence electrons. The van der Waals surface area contributed by atoms with Crippen molar-refractivity contribution in [3.05, 3.63) is 27.4 Å². The molecular formula is C14H25N3O. The fourth-order valence-corrected chi connectivity index (χ4v) is 2.44. The van der Waals surface area contributed by atoms with Crippen molar-refractivity contribution < 1.29 is 0 Å². The van der Waals surface area contributed by atoms with Gasteiger partial charge in [0.15, 0.2) is 0 Å². The molecule has 0 aromatic carbocycles. The summed E-state index contributed by atoms with van der Waals surface area (Å²) in [7, 11) is 0. The van der Waals surface area contributed by atoms with Gasteiger partial charge < -0.3 is 10.3 Å². The van der Waals surface area contributed by atoms with Gasteiger partial charge in [0, 0.05) is 17.8 Å². The predicted molar refractivity (Wildman–Crippen MR) is 74.9 cm³/mol. The molecule has 0 radical (unpaired) electrons. The highest BCUT2D eigenvalue weighted by molar-refractivity contribution is 5.20. The van der Waals surface area contributed by atoms with Gasteiger partial charge in [-0.25, -0.2) is 4.98 Å². The molecule has 0 aliphatic heterocycles. The third-order valence-electron chi connectivity index (χ3n) is 3.31. The number of H-pyrrole nitrogens is 1. The maximum atomic E-state index is 12.0. The quantitative estimate of drug-likeness (QED) is 0.817. The normalized spacial score (nSPS) is 14.5. The van der Waals surface area contributed by atoms with Crippen LogP contribution in [0.1, 0.15) is 63.2 Å². The number of aromatic nitrogens is 2. The van der Waals surface area contributed by atoms with E-state index >= 15 is 0 Å². The molecule has 0 fully saturated rings. The van der Waals surface area contributed by atoms with Gasteiger partial charge in [0.2, 0.25) is 0 Å². The lowest BCUT2D eigenvalue weighted by atomic mass is 10.0. The molecule has 0 spiro atoms. The van der Waals surface area contributed by atoms with Crippen molar-refractivity contribution in [2.75, 3.05) is 0 Å². The number of aryl methyl sites for hydroxylation is 2. The Kier molecular flexibility index (Phi) is 5.54.